The number of fused-ring (bicyclic) bond motifs is 2. The summed E-state index contributed by atoms with van der Waals surface area (Å²) in [5.74, 6) is -1.86. The van der Waals surface area contributed by atoms with Gasteiger partial charge in [0.2, 0.25) is 0 Å². The number of Topliss-reactive ketones (excluding diaryl/α,β-unsaturated/α-hetero) is 1. The molecule has 0 radical (unpaired) electrons. The molecule has 0 spiro atoms. The minimum absolute atomic E-state index is 0.0337. The first-order valence-corrected chi connectivity index (χ1v) is 13.2. The number of halogens is 1. The molecule has 1 atom stereocenters. The van der Waals surface area contributed by atoms with Crippen LogP contribution in [0.5, 0.6) is 0 Å². The lowest BCUT2D eigenvalue weighted by Gasteiger charge is -2.22. The smallest absolute Gasteiger partial charge is 0.301 e. The van der Waals surface area contributed by atoms with Gasteiger partial charge >= 0.3 is 5.91 Å². The van der Waals surface area contributed by atoms with Gasteiger partial charge in [0.05, 0.1) is 27.5 Å². The summed E-state index contributed by atoms with van der Waals surface area (Å²) in [6, 6.07) is 13.9. The first-order chi connectivity index (χ1) is 18.2. The fourth-order valence-corrected chi connectivity index (χ4v) is 6.42. The molecule has 1 saturated heterocycles. The predicted molar refractivity (Wildman–Crippen MR) is 150 cm³/mol. The zero-order valence-electron chi connectivity index (χ0n) is 21.1. The molecule has 0 saturated carbocycles. The highest BCUT2D eigenvalue weighted by molar-refractivity contribution is 7.22. The molecule has 4 heterocycles. The van der Waals surface area contributed by atoms with E-state index >= 15 is 0 Å². The zero-order chi connectivity index (χ0) is 26.9. The number of anilines is 1. The van der Waals surface area contributed by atoms with E-state index in [-0.39, 0.29) is 17.0 Å². The van der Waals surface area contributed by atoms with Crippen LogP contribution in [0, 0.1) is 27.7 Å². The number of thiazole rings is 1. The van der Waals surface area contributed by atoms with Crippen molar-refractivity contribution in [2.24, 2.45) is 0 Å². The number of aliphatic hydroxyl groups is 1. The van der Waals surface area contributed by atoms with Crippen molar-refractivity contribution in [3.8, 4) is 0 Å². The highest BCUT2D eigenvalue weighted by Gasteiger charge is 2.48. The van der Waals surface area contributed by atoms with Crippen LogP contribution in [0.25, 0.3) is 21.6 Å². The molecule has 38 heavy (non-hydrogen) atoms. The van der Waals surface area contributed by atoms with E-state index in [9.17, 15) is 14.7 Å². The second-order valence-corrected chi connectivity index (χ2v) is 11.0. The summed E-state index contributed by atoms with van der Waals surface area (Å²) < 4.78 is 2.78. The number of rotatable bonds is 3. The van der Waals surface area contributed by atoms with Gasteiger partial charge in [0.25, 0.3) is 5.78 Å². The Morgan fingerprint density at radius 2 is 1.74 bits per heavy atom. The number of carbonyl (C=O) groups excluding carboxylic acids is 2. The molecule has 190 valence electrons. The number of amides is 1. The van der Waals surface area contributed by atoms with Gasteiger partial charge in [-0.2, -0.15) is 0 Å². The maximum absolute atomic E-state index is 13.6. The number of aliphatic hydroxyl groups excluding tert-OH is 1. The van der Waals surface area contributed by atoms with Crippen LogP contribution < -0.4 is 4.90 Å². The normalized spacial score (nSPS) is 17.3. The van der Waals surface area contributed by atoms with Crippen molar-refractivity contribution in [3.63, 3.8) is 0 Å². The van der Waals surface area contributed by atoms with E-state index in [0.29, 0.717) is 27.1 Å². The first-order valence-electron chi connectivity index (χ1n) is 12.0. The van der Waals surface area contributed by atoms with Crippen LogP contribution in [0.4, 0.5) is 5.13 Å². The van der Waals surface area contributed by atoms with Crippen molar-refractivity contribution < 1.29 is 14.7 Å². The SMILES string of the molecule is Cc1cc(C)c2nc(N3C(=O)C(=O)C(=C(O)c4nc5c(C)cccn5c4C)C3c3ccc(Cl)cc3)sc2c1. The number of hydrogen-bond donors (Lipinski definition) is 1. The Bertz CT molecular complexity index is 1830. The third kappa shape index (κ3) is 3.63. The van der Waals surface area contributed by atoms with Gasteiger partial charge in [-0.25, -0.2) is 9.97 Å². The molecule has 2 aromatic carbocycles. The lowest BCUT2D eigenvalue weighted by molar-refractivity contribution is -0.132. The molecule has 1 N–H and O–H groups in total. The fraction of sp³-hybridized carbons (Fsp3) is 0.172. The molecular weight excluding hydrogens is 520 g/mol. The molecule has 1 unspecified atom stereocenters. The topological polar surface area (TPSA) is 87.8 Å². The average molecular weight is 543 g/mol. The van der Waals surface area contributed by atoms with E-state index in [1.807, 2.05) is 62.6 Å². The van der Waals surface area contributed by atoms with Crippen molar-refractivity contribution in [2.75, 3.05) is 4.90 Å². The Balaban J connectivity index is 1.60. The van der Waals surface area contributed by atoms with E-state index in [0.717, 1.165) is 26.9 Å². The standard InChI is InChI=1S/C29H23ClN4O3S/c1-14-12-16(3)22-20(13-14)38-29(32-22)34-24(18-7-9-19(30)10-8-18)21(26(36)28(34)37)25(35)23-17(4)33-11-5-6-15(2)27(33)31-23/h5-13,24,35H,1-4H3. The van der Waals surface area contributed by atoms with Gasteiger partial charge in [-0.15, -0.1) is 0 Å². The molecule has 1 aliphatic rings. The summed E-state index contributed by atoms with van der Waals surface area (Å²) >= 11 is 7.50. The van der Waals surface area contributed by atoms with Gasteiger partial charge in [-0.05, 0) is 74.2 Å². The Labute approximate surface area is 227 Å². The fourth-order valence-electron chi connectivity index (χ4n) is 5.13. The second-order valence-electron chi connectivity index (χ2n) is 9.58. The average Bonchev–Trinajstić information content (AvgIpc) is 3.53. The van der Waals surface area contributed by atoms with Crippen molar-refractivity contribution in [3.05, 3.63) is 99.0 Å². The van der Waals surface area contributed by atoms with Gasteiger partial charge in [-0.3, -0.25) is 14.5 Å². The number of ketones is 1. The van der Waals surface area contributed by atoms with Gasteiger partial charge < -0.3 is 9.51 Å². The van der Waals surface area contributed by atoms with E-state index in [2.05, 4.69) is 4.98 Å². The largest absolute Gasteiger partial charge is 0.505 e. The molecule has 1 fully saturated rings. The highest BCUT2D eigenvalue weighted by Crippen LogP contribution is 2.45. The highest BCUT2D eigenvalue weighted by atomic mass is 35.5. The molecule has 1 amide bonds. The lowest BCUT2D eigenvalue weighted by Crippen LogP contribution is -2.29. The molecule has 6 rings (SSSR count). The van der Waals surface area contributed by atoms with Crippen LogP contribution in [0.2, 0.25) is 5.02 Å². The summed E-state index contributed by atoms with van der Waals surface area (Å²) in [5, 5.41) is 12.5. The molecule has 0 aliphatic carbocycles. The van der Waals surface area contributed by atoms with Gasteiger partial charge in [0, 0.05) is 11.2 Å². The van der Waals surface area contributed by atoms with Crippen LogP contribution in [-0.4, -0.2) is 31.2 Å². The van der Waals surface area contributed by atoms with Gasteiger partial charge in [0.15, 0.2) is 10.9 Å². The van der Waals surface area contributed by atoms with E-state index in [1.54, 1.807) is 24.3 Å². The maximum atomic E-state index is 13.6. The number of benzene rings is 2. The summed E-state index contributed by atoms with van der Waals surface area (Å²) in [5.41, 5.74) is 5.94. The number of carbonyl (C=O) groups is 2. The molecule has 1 aliphatic heterocycles. The van der Waals surface area contributed by atoms with Crippen molar-refractivity contribution in [1.82, 2.24) is 14.4 Å². The van der Waals surface area contributed by atoms with Crippen molar-refractivity contribution in [1.29, 1.82) is 0 Å². The number of aryl methyl sites for hydroxylation is 4. The van der Waals surface area contributed by atoms with Crippen LogP contribution in [-0.2, 0) is 9.59 Å². The summed E-state index contributed by atoms with van der Waals surface area (Å²) in [6.07, 6.45) is 1.85. The molecule has 0 bridgehead atoms. The van der Waals surface area contributed by atoms with Crippen molar-refractivity contribution >= 4 is 61.4 Å². The number of aromatic nitrogens is 3. The van der Waals surface area contributed by atoms with Gasteiger partial charge in [0.1, 0.15) is 11.3 Å². The minimum Gasteiger partial charge on any atom is -0.505 e. The third-order valence-corrected chi connectivity index (χ3v) is 8.22. The number of hydrogen-bond acceptors (Lipinski definition) is 6. The number of pyridine rings is 1. The third-order valence-electron chi connectivity index (χ3n) is 6.96. The summed E-state index contributed by atoms with van der Waals surface area (Å²) in [7, 11) is 0. The van der Waals surface area contributed by atoms with Gasteiger partial charge in [-0.1, -0.05) is 47.2 Å². The number of imidazole rings is 1. The lowest BCUT2D eigenvalue weighted by atomic mass is 9.96. The first kappa shape index (κ1) is 24.3. The maximum Gasteiger partial charge on any atom is 0.301 e. The molecule has 5 aromatic rings. The summed E-state index contributed by atoms with van der Waals surface area (Å²) in [4.78, 5) is 38.0. The summed E-state index contributed by atoms with van der Waals surface area (Å²) in [6.45, 7) is 7.72. The van der Waals surface area contributed by atoms with Crippen LogP contribution >= 0.6 is 22.9 Å². The zero-order valence-corrected chi connectivity index (χ0v) is 22.7. The van der Waals surface area contributed by atoms with E-state index < -0.39 is 17.7 Å². The Morgan fingerprint density at radius 1 is 1.00 bits per heavy atom. The molecule has 7 nitrogen and oxygen atoms in total. The molecule has 3 aromatic heterocycles. The van der Waals surface area contributed by atoms with Crippen LogP contribution in [0.1, 0.15) is 39.7 Å². The Hall–Kier alpha value is -4.01. The molecular formula is C29H23ClN4O3S. The second kappa shape index (κ2) is 8.79. The van der Waals surface area contributed by atoms with E-state index in [1.165, 1.54) is 16.2 Å². The van der Waals surface area contributed by atoms with Crippen LogP contribution in [0.15, 0.2) is 60.3 Å². The van der Waals surface area contributed by atoms with Crippen molar-refractivity contribution in [2.45, 2.75) is 33.7 Å². The Kier molecular flexibility index (Phi) is 5.63. The number of nitrogens with zero attached hydrogens (tertiary/aromatic N) is 4. The quantitative estimate of drug-likeness (QED) is 0.161. The molecule has 9 heteroatoms. The Morgan fingerprint density at radius 3 is 2.45 bits per heavy atom. The monoisotopic (exact) mass is 542 g/mol. The van der Waals surface area contributed by atoms with E-state index in [4.69, 9.17) is 16.6 Å². The van der Waals surface area contributed by atoms with Crippen LogP contribution in [0.3, 0.4) is 0 Å². The minimum atomic E-state index is -0.903. The predicted octanol–water partition coefficient (Wildman–Crippen LogP) is 6.46.